The van der Waals surface area contributed by atoms with Crippen molar-refractivity contribution < 1.29 is 19.1 Å². The standard InChI is InChI=1S/C30H32N2O4S/c1-5-35-25-12-10-21(17-26(25)36-6-2)14-15-31-29(33)23-11-13-27-24(19-23)32(4)30(34)28(37-27)18-22-9-7-8-20(3)16-22/h7-13,16-19H,5-6,14-15H2,1-4H3,(H,31,33)/b28-18-. The van der Waals surface area contributed by atoms with E-state index in [1.807, 2.05) is 69.3 Å². The van der Waals surface area contributed by atoms with E-state index in [0.717, 1.165) is 33.0 Å². The molecule has 0 atom stereocenters. The Morgan fingerprint density at radius 2 is 1.78 bits per heavy atom. The molecule has 0 radical (unpaired) electrons. The average Bonchev–Trinajstić information content (AvgIpc) is 2.88. The molecule has 3 aromatic carbocycles. The fourth-order valence-electron chi connectivity index (χ4n) is 4.12. The van der Waals surface area contributed by atoms with E-state index in [1.54, 1.807) is 24.1 Å². The number of rotatable bonds is 9. The normalized spacial score (nSPS) is 13.9. The van der Waals surface area contributed by atoms with Crippen LogP contribution in [0, 0.1) is 6.92 Å². The van der Waals surface area contributed by atoms with Gasteiger partial charge in [-0.25, -0.2) is 0 Å². The molecule has 0 aromatic heterocycles. The first-order chi connectivity index (χ1) is 17.9. The van der Waals surface area contributed by atoms with E-state index in [1.165, 1.54) is 11.8 Å². The van der Waals surface area contributed by atoms with Crippen molar-refractivity contribution in [3.05, 3.63) is 87.8 Å². The predicted molar refractivity (Wildman–Crippen MR) is 150 cm³/mol. The lowest BCUT2D eigenvalue weighted by atomic mass is 10.1. The first-order valence-electron chi connectivity index (χ1n) is 12.4. The summed E-state index contributed by atoms with van der Waals surface area (Å²) in [5.41, 5.74) is 4.44. The van der Waals surface area contributed by atoms with Crippen molar-refractivity contribution in [2.24, 2.45) is 0 Å². The molecular weight excluding hydrogens is 484 g/mol. The van der Waals surface area contributed by atoms with Crippen molar-refractivity contribution in [3.63, 3.8) is 0 Å². The van der Waals surface area contributed by atoms with Crippen molar-refractivity contribution in [2.75, 3.05) is 31.7 Å². The van der Waals surface area contributed by atoms with E-state index in [-0.39, 0.29) is 11.8 Å². The number of carbonyl (C=O) groups excluding carboxylic acids is 2. The number of nitrogens with zero attached hydrogens (tertiary/aromatic N) is 1. The second-order valence-electron chi connectivity index (χ2n) is 8.72. The maximum Gasteiger partial charge on any atom is 0.264 e. The van der Waals surface area contributed by atoms with Gasteiger partial charge in [-0.2, -0.15) is 0 Å². The lowest BCUT2D eigenvalue weighted by Crippen LogP contribution is -2.31. The van der Waals surface area contributed by atoms with Gasteiger partial charge in [0.15, 0.2) is 11.5 Å². The third-order valence-corrected chi connectivity index (χ3v) is 7.04. The molecule has 192 valence electrons. The van der Waals surface area contributed by atoms with Crippen LogP contribution in [0.2, 0.25) is 0 Å². The van der Waals surface area contributed by atoms with Crippen molar-refractivity contribution in [1.29, 1.82) is 0 Å². The van der Waals surface area contributed by atoms with Crippen LogP contribution in [0.1, 0.15) is 40.9 Å². The molecule has 6 nitrogen and oxygen atoms in total. The molecule has 0 fully saturated rings. The quantitative estimate of drug-likeness (QED) is 0.360. The largest absolute Gasteiger partial charge is 0.490 e. The average molecular weight is 517 g/mol. The van der Waals surface area contributed by atoms with Gasteiger partial charge in [-0.1, -0.05) is 47.7 Å². The predicted octanol–water partition coefficient (Wildman–Crippen LogP) is 5.87. The number of benzene rings is 3. The molecule has 7 heteroatoms. The molecule has 1 heterocycles. The Balaban J connectivity index is 1.42. The number of carbonyl (C=O) groups is 2. The van der Waals surface area contributed by atoms with Gasteiger partial charge in [-0.3, -0.25) is 9.59 Å². The Kier molecular flexibility index (Phi) is 8.56. The van der Waals surface area contributed by atoms with Crippen LogP contribution in [0.5, 0.6) is 11.5 Å². The number of likely N-dealkylation sites (N-methyl/N-ethyl adjacent to an activating group) is 1. The molecule has 0 unspecified atom stereocenters. The summed E-state index contributed by atoms with van der Waals surface area (Å²) in [4.78, 5) is 29.1. The van der Waals surface area contributed by atoms with Crippen LogP contribution >= 0.6 is 11.8 Å². The smallest absolute Gasteiger partial charge is 0.264 e. The van der Waals surface area contributed by atoms with Gasteiger partial charge in [0.05, 0.1) is 23.8 Å². The third kappa shape index (κ3) is 6.35. The zero-order valence-corrected chi connectivity index (χ0v) is 22.5. The minimum absolute atomic E-state index is 0.0860. The monoisotopic (exact) mass is 516 g/mol. The highest BCUT2D eigenvalue weighted by Gasteiger charge is 2.27. The highest BCUT2D eigenvalue weighted by Crippen LogP contribution is 2.42. The highest BCUT2D eigenvalue weighted by atomic mass is 32.2. The van der Waals surface area contributed by atoms with E-state index in [0.29, 0.717) is 42.4 Å². The van der Waals surface area contributed by atoms with Crippen molar-refractivity contribution in [3.8, 4) is 11.5 Å². The van der Waals surface area contributed by atoms with Gasteiger partial charge in [-0.05, 0) is 74.7 Å². The fraction of sp³-hybridized carbons (Fsp3) is 0.267. The number of hydrogen-bond acceptors (Lipinski definition) is 5. The minimum Gasteiger partial charge on any atom is -0.490 e. The van der Waals surface area contributed by atoms with E-state index in [4.69, 9.17) is 9.47 Å². The maximum absolute atomic E-state index is 13.0. The van der Waals surface area contributed by atoms with Gasteiger partial charge >= 0.3 is 0 Å². The van der Waals surface area contributed by atoms with Crippen LogP contribution in [0.15, 0.2) is 70.5 Å². The molecule has 1 aliphatic heterocycles. The SMILES string of the molecule is CCOc1ccc(CCNC(=O)c2ccc3c(c2)N(C)C(=O)/C(=C/c2cccc(C)c2)S3)cc1OCC. The number of hydrogen-bond donors (Lipinski definition) is 1. The topological polar surface area (TPSA) is 67.9 Å². The summed E-state index contributed by atoms with van der Waals surface area (Å²) >= 11 is 1.43. The Morgan fingerprint density at radius 3 is 2.54 bits per heavy atom. The number of nitrogens with one attached hydrogen (secondary N) is 1. The van der Waals surface area contributed by atoms with Crippen molar-refractivity contribution >= 4 is 35.3 Å². The summed E-state index contributed by atoms with van der Waals surface area (Å²) in [5.74, 6) is 1.17. The molecule has 1 N–H and O–H groups in total. The van der Waals surface area contributed by atoms with E-state index in [9.17, 15) is 9.59 Å². The lowest BCUT2D eigenvalue weighted by Gasteiger charge is -2.27. The third-order valence-electron chi connectivity index (χ3n) is 5.96. The molecule has 0 bridgehead atoms. The molecule has 4 rings (SSSR count). The summed E-state index contributed by atoms with van der Waals surface area (Å²) in [7, 11) is 1.74. The molecule has 3 aromatic rings. The summed E-state index contributed by atoms with van der Waals surface area (Å²) < 4.78 is 11.3. The number of ether oxygens (including phenoxy) is 2. The molecule has 1 aliphatic rings. The zero-order valence-electron chi connectivity index (χ0n) is 21.7. The van der Waals surface area contributed by atoms with Gasteiger partial charge < -0.3 is 19.7 Å². The molecule has 0 spiro atoms. The zero-order chi connectivity index (χ0) is 26.4. The number of fused-ring (bicyclic) bond motifs is 1. The van der Waals surface area contributed by atoms with Gasteiger partial charge in [0.1, 0.15) is 0 Å². The van der Waals surface area contributed by atoms with E-state index >= 15 is 0 Å². The Morgan fingerprint density at radius 1 is 1.00 bits per heavy atom. The van der Waals surface area contributed by atoms with Gasteiger partial charge in [0.2, 0.25) is 0 Å². The van der Waals surface area contributed by atoms with Crippen molar-refractivity contribution in [1.82, 2.24) is 5.32 Å². The summed E-state index contributed by atoms with van der Waals surface area (Å²) in [6.07, 6.45) is 2.57. The molecule has 2 amide bonds. The summed E-state index contributed by atoms with van der Waals surface area (Å²) in [5, 5.41) is 2.99. The second kappa shape index (κ2) is 12.0. The lowest BCUT2D eigenvalue weighted by molar-refractivity contribution is -0.114. The van der Waals surface area contributed by atoms with Crippen LogP contribution in [-0.2, 0) is 11.2 Å². The molecule has 37 heavy (non-hydrogen) atoms. The van der Waals surface area contributed by atoms with Crippen LogP contribution < -0.4 is 19.7 Å². The van der Waals surface area contributed by atoms with Gasteiger partial charge in [-0.15, -0.1) is 0 Å². The van der Waals surface area contributed by atoms with E-state index < -0.39 is 0 Å². The Labute approximate surface area is 222 Å². The van der Waals surface area contributed by atoms with Crippen LogP contribution in [-0.4, -0.2) is 38.6 Å². The molecule has 0 saturated carbocycles. The number of aryl methyl sites for hydroxylation is 1. The Hall–Kier alpha value is -3.71. The van der Waals surface area contributed by atoms with Crippen LogP contribution in [0.4, 0.5) is 5.69 Å². The van der Waals surface area contributed by atoms with Gasteiger partial charge in [0, 0.05) is 24.1 Å². The highest BCUT2D eigenvalue weighted by molar-refractivity contribution is 8.04. The second-order valence-corrected chi connectivity index (χ2v) is 9.81. The molecule has 0 aliphatic carbocycles. The number of amides is 2. The van der Waals surface area contributed by atoms with Gasteiger partial charge in [0.25, 0.3) is 11.8 Å². The fourth-order valence-corrected chi connectivity index (χ4v) is 5.21. The first kappa shape index (κ1) is 26.4. The van der Waals surface area contributed by atoms with Crippen LogP contribution in [0.25, 0.3) is 6.08 Å². The van der Waals surface area contributed by atoms with Crippen LogP contribution in [0.3, 0.4) is 0 Å². The molecule has 0 saturated heterocycles. The van der Waals surface area contributed by atoms with Crippen molar-refractivity contribution in [2.45, 2.75) is 32.1 Å². The number of thioether (sulfide) groups is 1. The summed E-state index contributed by atoms with van der Waals surface area (Å²) in [6, 6.07) is 19.4. The maximum atomic E-state index is 13.0. The summed E-state index contributed by atoms with van der Waals surface area (Å²) in [6.45, 7) is 7.50. The number of anilines is 1. The first-order valence-corrected chi connectivity index (χ1v) is 13.3. The Bertz CT molecular complexity index is 1330. The van der Waals surface area contributed by atoms with E-state index in [2.05, 4.69) is 11.4 Å². The minimum atomic E-state index is -0.175. The molecular formula is C30H32N2O4S.